The molecule has 3 nitrogen and oxygen atoms in total. The maximum atomic E-state index is 11.9. The van der Waals surface area contributed by atoms with Gasteiger partial charge in [-0.3, -0.25) is 4.79 Å². The fourth-order valence-electron chi connectivity index (χ4n) is 3.36. The van der Waals surface area contributed by atoms with E-state index in [2.05, 4.69) is 26.5 Å². The summed E-state index contributed by atoms with van der Waals surface area (Å²) in [5.74, 6) is 2.13. The lowest BCUT2D eigenvalue weighted by Gasteiger charge is -2.16. The van der Waals surface area contributed by atoms with Gasteiger partial charge in [-0.25, -0.2) is 5.43 Å². The number of carbonyl (C=O) groups excluding carboxylic acids is 1. The van der Waals surface area contributed by atoms with Crippen LogP contribution in [0.2, 0.25) is 0 Å². The predicted molar refractivity (Wildman–Crippen MR) is 79.0 cm³/mol. The molecule has 3 rings (SSSR count). The van der Waals surface area contributed by atoms with Gasteiger partial charge in [0.05, 0.1) is 0 Å². The SMILES string of the molecule is O=C(NN=CC1CC2CCC1C2)c1cccc(Br)c1. The summed E-state index contributed by atoms with van der Waals surface area (Å²) in [5.41, 5.74) is 3.25. The van der Waals surface area contributed by atoms with Gasteiger partial charge in [-0.05, 0) is 55.2 Å². The van der Waals surface area contributed by atoms with Crippen molar-refractivity contribution in [1.82, 2.24) is 5.43 Å². The molecule has 0 saturated heterocycles. The Morgan fingerprint density at radius 3 is 2.95 bits per heavy atom. The molecular formula is C15H17BrN2O. The summed E-state index contributed by atoms with van der Waals surface area (Å²) in [6.07, 6.45) is 7.28. The minimum atomic E-state index is -0.152. The molecule has 3 atom stereocenters. The van der Waals surface area contributed by atoms with Crippen LogP contribution in [0.25, 0.3) is 0 Å². The number of carbonyl (C=O) groups is 1. The Hall–Kier alpha value is -1.16. The molecule has 2 bridgehead atoms. The van der Waals surface area contributed by atoms with Crippen molar-refractivity contribution in [3.05, 3.63) is 34.3 Å². The third kappa shape index (κ3) is 2.89. The minimum absolute atomic E-state index is 0.152. The van der Waals surface area contributed by atoms with Crippen LogP contribution in [0.3, 0.4) is 0 Å². The average molecular weight is 321 g/mol. The zero-order valence-electron chi connectivity index (χ0n) is 10.7. The van der Waals surface area contributed by atoms with Gasteiger partial charge in [0.25, 0.3) is 5.91 Å². The van der Waals surface area contributed by atoms with Crippen molar-refractivity contribution in [2.45, 2.75) is 25.7 Å². The van der Waals surface area contributed by atoms with E-state index in [0.29, 0.717) is 11.5 Å². The van der Waals surface area contributed by atoms with Crippen molar-refractivity contribution < 1.29 is 4.79 Å². The minimum Gasteiger partial charge on any atom is -0.267 e. The largest absolute Gasteiger partial charge is 0.271 e. The zero-order valence-corrected chi connectivity index (χ0v) is 12.3. The number of hydrogen-bond acceptors (Lipinski definition) is 2. The lowest BCUT2D eigenvalue weighted by molar-refractivity contribution is 0.0954. The fraction of sp³-hybridized carbons (Fsp3) is 0.467. The Morgan fingerprint density at radius 1 is 1.37 bits per heavy atom. The molecule has 4 heteroatoms. The molecule has 19 heavy (non-hydrogen) atoms. The Balaban J connectivity index is 1.56. The van der Waals surface area contributed by atoms with Crippen LogP contribution >= 0.6 is 15.9 Å². The molecule has 0 aliphatic heterocycles. The molecule has 2 aliphatic rings. The van der Waals surface area contributed by atoms with Crippen LogP contribution in [-0.2, 0) is 0 Å². The molecule has 0 aromatic heterocycles. The second-order valence-electron chi connectivity index (χ2n) is 5.57. The highest BCUT2D eigenvalue weighted by Gasteiger charge is 2.38. The quantitative estimate of drug-likeness (QED) is 0.671. The summed E-state index contributed by atoms with van der Waals surface area (Å²) in [4.78, 5) is 11.9. The molecule has 1 N–H and O–H groups in total. The van der Waals surface area contributed by atoms with Gasteiger partial charge in [-0.1, -0.05) is 28.4 Å². The van der Waals surface area contributed by atoms with Crippen molar-refractivity contribution >= 4 is 28.1 Å². The third-order valence-electron chi connectivity index (χ3n) is 4.31. The van der Waals surface area contributed by atoms with Crippen LogP contribution in [0.1, 0.15) is 36.0 Å². The topological polar surface area (TPSA) is 41.5 Å². The fourth-order valence-corrected chi connectivity index (χ4v) is 3.76. The van der Waals surface area contributed by atoms with Gasteiger partial charge in [0.2, 0.25) is 0 Å². The van der Waals surface area contributed by atoms with Crippen LogP contribution in [0.5, 0.6) is 0 Å². The lowest BCUT2D eigenvalue weighted by Crippen LogP contribution is -2.20. The first kappa shape index (κ1) is 12.9. The van der Waals surface area contributed by atoms with Gasteiger partial charge >= 0.3 is 0 Å². The molecule has 1 amide bonds. The predicted octanol–water partition coefficient (Wildman–Crippen LogP) is 3.60. The van der Waals surface area contributed by atoms with E-state index in [9.17, 15) is 4.79 Å². The van der Waals surface area contributed by atoms with E-state index < -0.39 is 0 Å². The smallest absolute Gasteiger partial charge is 0.267 e. The molecule has 2 fully saturated rings. The summed E-state index contributed by atoms with van der Waals surface area (Å²) in [6, 6.07) is 7.32. The van der Waals surface area contributed by atoms with Gasteiger partial charge in [-0.2, -0.15) is 5.10 Å². The molecule has 0 spiro atoms. The Bertz CT molecular complexity index is 515. The standard InChI is InChI=1S/C15H17BrN2O/c16-14-3-1-2-12(8-14)15(19)18-17-9-13-7-10-4-5-11(13)6-10/h1-3,8-11,13H,4-7H2,(H,18,19). The van der Waals surface area contributed by atoms with Crippen LogP contribution < -0.4 is 5.43 Å². The van der Waals surface area contributed by atoms with Crippen molar-refractivity contribution in [1.29, 1.82) is 0 Å². The molecule has 1 aromatic carbocycles. The summed E-state index contributed by atoms with van der Waals surface area (Å²) in [5, 5.41) is 4.14. The number of halogens is 1. The number of benzene rings is 1. The Labute approximate surface area is 121 Å². The normalized spacial score (nSPS) is 29.0. The van der Waals surface area contributed by atoms with Crippen LogP contribution in [0.4, 0.5) is 0 Å². The van der Waals surface area contributed by atoms with E-state index in [0.717, 1.165) is 16.3 Å². The van der Waals surface area contributed by atoms with Crippen LogP contribution in [0, 0.1) is 17.8 Å². The van der Waals surface area contributed by atoms with E-state index in [1.54, 1.807) is 12.1 Å². The number of hydrazone groups is 1. The summed E-state index contributed by atoms with van der Waals surface area (Å²) in [7, 11) is 0. The summed E-state index contributed by atoms with van der Waals surface area (Å²) in [6.45, 7) is 0. The first-order valence-corrected chi connectivity index (χ1v) is 7.61. The molecule has 1 aromatic rings. The number of fused-ring (bicyclic) bond motifs is 2. The third-order valence-corrected chi connectivity index (χ3v) is 4.80. The maximum absolute atomic E-state index is 11.9. The van der Waals surface area contributed by atoms with Gasteiger partial charge in [0.1, 0.15) is 0 Å². The van der Waals surface area contributed by atoms with E-state index in [1.165, 1.54) is 25.7 Å². The van der Waals surface area contributed by atoms with Crippen LogP contribution in [0.15, 0.2) is 33.8 Å². The highest BCUT2D eigenvalue weighted by Crippen LogP contribution is 2.47. The van der Waals surface area contributed by atoms with Gasteiger partial charge in [-0.15, -0.1) is 0 Å². The van der Waals surface area contributed by atoms with E-state index >= 15 is 0 Å². The average Bonchev–Trinajstić information content (AvgIpc) is 3.01. The molecule has 2 aliphatic carbocycles. The second-order valence-corrected chi connectivity index (χ2v) is 6.48. The highest BCUT2D eigenvalue weighted by molar-refractivity contribution is 9.10. The van der Waals surface area contributed by atoms with E-state index in [1.807, 2.05) is 18.3 Å². The van der Waals surface area contributed by atoms with Crippen molar-refractivity contribution in [2.24, 2.45) is 22.9 Å². The van der Waals surface area contributed by atoms with Crippen molar-refractivity contribution in [2.75, 3.05) is 0 Å². The molecule has 100 valence electrons. The van der Waals surface area contributed by atoms with Gasteiger partial charge in [0.15, 0.2) is 0 Å². The van der Waals surface area contributed by atoms with Crippen molar-refractivity contribution in [3.8, 4) is 0 Å². The van der Waals surface area contributed by atoms with Crippen LogP contribution in [-0.4, -0.2) is 12.1 Å². The molecule has 2 saturated carbocycles. The van der Waals surface area contributed by atoms with Gasteiger partial charge < -0.3 is 0 Å². The van der Waals surface area contributed by atoms with E-state index in [-0.39, 0.29) is 5.91 Å². The molecular weight excluding hydrogens is 304 g/mol. The zero-order chi connectivity index (χ0) is 13.2. The highest BCUT2D eigenvalue weighted by atomic mass is 79.9. The Morgan fingerprint density at radius 2 is 2.26 bits per heavy atom. The first-order valence-electron chi connectivity index (χ1n) is 6.81. The number of hydrogen-bond donors (Lipinski definition) is 1. The maximum Gasteiger partial charge on any atom is 0.271 e. The first-order chi connectivity index (χ1) is 9.22. The number of nitrogens with one attached hydrogen (secondary N) is 1. The van der Waals surface area contributed by atoms with Crippen molar-refractivity contribution in [3.63, 3.8) is 0 Å². The van der Waals surface area contributed by atoms with Gasteiger partial charge in [0, 0.05) is 16.3 Å². The monoisotopic (exact) mass is 320 g/mol. The summed E-state index contributed by atoms with van der Waals surface area (Å²) >= 11 is 3.36. The summed E-state index contributed by atoms with van der Waals surface area (Å²) < 4.78 is 0.900. The van der Waals surface area contributed by atoms with E-state index in [4.69, 9.17) is 0 Å². The Kier molecular flexibility index (Phi) is 3.69. The number of rotatable bonds is 3. The number of amides is 1. The second kappa shape index (κ2) is 5.45. The number of nitrogens with zero attached hydrogens (tertiary/aromatic N) is 1. The lowest BCUT2D eigenvalue weighted by atomic mass is 9.90. The molecule has 0 radical (unpaired) electrons. The molecule has 3 unspecified atom stereocenters. The molecule has 0 heterocycles.